The molecule has 1 aliphatic carbocycles. The molecule has 3 aromatic rings. The van der Waals surface area contributed by atoms with Crippen LogP contribution in [0.5, 0.6) is 0 Å². The van der Waals surface area contributed by atoms with Gasteiger partial charge in [0.05, 0.1) is 5.56 Å². The van der Waals surface area contributed by atoms with Gasteiger partial charge in [0, 0.05) is 31.5 Å². The summed E-state index contributed by atoms with van der Waals surface area (Å²) in [6.07, 6.45) is 3.68. The van der Waals surface area contributed by atoms with E-state index in [9.17, 15) is 13.6 Å². The number of halogens is 3. The Morgan fingerprint density at radius 1 is 1.21 bits per heavy atom. The number of hydrogen-bond donors (Lipinski definition) is 2. The molecular formula is C19H21ClF2N6O. The van der Waals surface area contributed by atoms with Gasteiger partial charge in [0.25, 0.3) is 12.3 Å². The highest BCUT2D eigenvalue weighted by Crippen LogP contribution is 2.25. The molecule has 1 fully saturated rings. The third-order valence-electron chi connectivity index (χ3n) is 5.18. The molecule has 29 heavy (non-hydrogen) atoms. The van der Waals surface area contributed by atoms with Crippen molar-refractivity contribution in [2.24, 2.45) is 7.05 Å². The lowest BCUT2D eigenvalue weighted by atomic mass is 9.91. The van der Waals surface area contributed by atoms with Crippen LogP contribution in [0.2, 0.25) is 5.15 Å². The molecule has 3 aromatic heterocycles. The number of imidazole rings is 1. The summed E-state index contributed by atoms with van der Waals surface area (Å²) in [6.45, 7) is 0. The molecule has 2 N–H and O–H groups in total. The first kappa shape index (κ1) is 19.6. The predicted molar refractivity (Wildman–Crippen MR) is 105 cm³/mol. The van der Waals surface area contributed by atoms with E-state index in [1.165, 1.54) is 10.9 Å². The maximum absolute atomic E-state index is 12.9. The molecule has 1 amide bonds. The zero-order chi connectivity index (χ0) is 20.5. The van der Waals surface area contributed by atoms with E-state index in [2.05, 4.69) is 20.7 Å². The van der Waals surface area contributed by atoms with Gasteiger partial charge in [-0.15, -0.1) is 0 Å². The van der Waals surface area contributed by atoms with Crippen LogP contribution in [0.3, 0.4) is 0 Å². The molecule has 1 aliphatic rings. The molecule has 0 saturated heterocycles. The van der Waals surface area contributed by atoms with Crippen LogP contribution >= 0.6 is 11.6 Å². The summed E-state index contributed by atoms with van der Waals surface area (Å²) in [7, 11) is 1.71. The molecular weight excluding hydrogens is 402 g/mol. The number of carbonyl (C=O) groups excluding carboxylic acids is 1. The summed E-state index contributed by atoms with van der Waals surface area (Å²) in [5.74, 6) is 0.513. The number of rotatable bonds is 5. The minimum atomic E-state index is -2.60. The molecule has 0 spiro atoms. The molecule has 0 radical (unpaired) electrons. The third-order valence-corrected chi connectivity index (χ3v) is 5.46. The average Bonchev–Trinajstić information content (AvgIpc) is 3.27. The Kier molecular flexibility index (Phi) is 5.40. The van der Waals surface area contributed by atoms with Gasteiger partial charge < -0.3 is 10.6 Å². The summed E-state index contributed by atoms with van der Waals surface area (Å²) < 4.78 is 29.1. The Balaban J connectivity index is 1.36. The van der Waals surface area contributed by atoms with Gasteiger partial charge >= 0.3 is 0 Å². The zero-order valence-corrected chi connectivity index (χ0v) is 16.5. The Labute approximate surface area is 171 Å². The van der Waals surface area contributed by atoms with E-state index >= 15 is 0 Å². The minimum Gasteiger partial charge on any atom is -0.368 e. The van der Waals surface area contributed by atoms with Crippen molar-refractivity contribution in [2.45, 2.75) is 44.2 Å². The van der Waals surface area contributed by atoms with Crippen LogP contribution in [0, 0.1) is 0 Å². The minimum absolute atomic E-state index is 0.0614. The lowest BCUT2D eigenvalue weighted by Gasteiger charge is -2.30. The van der Waals surface area contributed by atoms with Crippen molar-refractivity contribution >= 4 is 29.0 Å². The number of aromatic nitrogens is 4. The molecule has 0 aromatic carbocycles. The normalized spacial score (nSPS) is 19.6. The Hall–Kier alpha value is -2.68. The maximum Gasteiger partial charge on any atom is 0.281 e. The van der Waals surface area contributed by atoms with E-state index in [1.54, 1.807) is 29.8 Å². The van der Waals surface area contributed by atoms with Gasteiger partial charge in [-0.25, -0.2) is 13.8 Å². The van der Waals surface area contributed by atoms with Crippen molar-refractivity contribution in [1.82, 2.24) is 24.5 Å². The number of fused-ring (bicyclic) bond motifs is 1. The molecule has 0 atom stereocenters. The van der Waals surface area contributed by atoms with Gasteiger partial charge in [-0.2, -0.15) is 5.10 Å². The van der Waals surface area contributed by atoms with E-state index in [-0.39, 0.29) is 28.8 Å². The van der Waals surface area contributed by atoms with E-state index in [4.69, 9.17) is 11.6 Å². The molecule has 0 unspecified atom stereocenters. The van der Waals surface area contributed by atoms with Gasteiger partial charge in [-0.1, -0.05) is 17.7 Å². The van der Waals surface area contributed by atoms with Crippen LogP contribution in [0.4, 0.5) is 14.6 Å². The SMILES string of the molecule is Cn1cc(C(=O)NC2CCC(Nc3cccc4nc(C(F)F)cn34)CC2)c(Cl)n1. The maximum atomic E-state index is 12.9. The Morgan fingerprint density at radius 3 is 2.59 bits per heavy atom. The summed E-state index contributed by atoms with van der Waals surface area (Å²) in [4.78, 5) is 16.3. The number of alkyl halides is 2. The zero-order valence-electron chi connectivity index (χ0n) is 15.8. The monoisotopic (exact) mass is 422 g/mol. The highest BCUT2D eigenvalue weighted by Gasteiger charge is 2.25. The second-order valence-electron chi connectivity index (χ2n) is 7.28. The van der Waals surface area contributed by atoms with Crippen molar-refractivity contribution in [1.29, 1.82) is 0 Å². The number of pyridine rings is 1. The Morgan fingerprint density at radius 2 is 1.93 bits per heavy atom. The molecule has 3 heterocycles. The van der Waals surface area contributed by atoms with Crippen LogP contribution in [0.25, 0.3) is 5.65 Å². The van der Waals surface area contributed by atoms with E-state index in [0.717, 1.165) is 31.5 Å². The number of nitrogens with zero attached hydrogens (tertiary/aromatic N) is 4. The number of aryl methyl sites for hydroxylation is 1. The molecule has 10 heteroatoms. The molecule has 154 valence electrons. The molecule has 7 nitrogen and oxygen atoms in total. The highest BCUT2D eigenvalue weighted by atomic mass is 35.5. The first-order chi connectivity index (χ1) is 13.9. The quantitative estimate of drug-likeness (QED) is 0.655. The summed E-state index contributed by atoms with van der Waals surface area (Å²) in [6, 6.07) is 5.60. The van der Waals surface area contributed by atoms with Crippen LogP contribution in [-0.4, -0.2) is 37.2 Å². The first-order valence-corrected chi connectivity index (χ1v) is 9.81. The van der Waals surface area contributed by atoms with Gasteiger partial charge in [-0.3, -0.25) is 13.9 Å². The fourth-order valence-corrected chi connectivity index (χ4v) is 3.97. The number of nitrogens with one attached hydrogen (secondary N) is 2. The van der Waals surface area contributed by atoms with Crippen LogP contribution in [-0.2, 0) is 7.05 Å². The van der Waals surface area contributed by atoms with Gasteiger partial charge in [0.1, 0.15) is 17.2 Å². The van der Waals surface area contributed by atoms with E-state index in [0.29, 0.717) is 11.2 Å². The fraction of sp³-hybridized carbons (Fsp3) is 0.421. The highest BCUT2D eigenvalue weighted by molar-refractivity contribution is 6.32. The van der Waals surface area contributed by atoms with Gasteiger partial charge in [-0.05, 0) is 37.8 Å². The Bertz CT molecular complexity index is 1030. The smallest absolute Gasteiger partial charge is 0.281 e. The van der Waals surface area contributed by atoms with Gasteiger partial charge in [0.2, 0.25) is 0 Å². The van der Waals surface area contributed by atoms with Crippen LogP contribution in [0.15, 0.2) is 30.6 Å². The van der Waals surface area contributed by atoms with Gasteiger partial charge in [0.15, 0.2) is 5.15 Å². The fourth-order valence-electron chi connectivity index (χ4n) is 3.72. The van der Waals surface area contributed by atoms with Crippen molar-refractivity contribution in [2.75, 3.05) is 5.32 Å². The summed E-state index contributed by atoms with van der Waals surface area (Å²) >= 11 is 5.98. The average molecular weight is 423 g/mol. The first-order valence-electron chi connectivity index (χ1n) is 9.43. The standard InChI is InChI=1S/C19H21ClF2N6O/c1-27-9-13(17(20)26-27)19(29)24-12-7-5-11(6-8-12)23-15-3-2-4-16-25-14(18(21)22)10-28(15)16/h2-4,9-12,18,23H,5-8H2,1H3,(H,24,29). The third kappa shape index (κ3) is 4.19. The second kappa shape index (κ2) is 7.98. The van der Waals surface area contributed by atoms with Crippen molar-refractivity contribution in [3.05, 3.63) is 47.0 Å². The van der Waals surface area contributed by atoms with Crippen molar-refractivity contribution < 1.29 is 13.6 Å². The number of anilines is 1. The van der Waals surface area contributed by atoms with E-state index in [1.807, 2.05) is 6.07 Å². The number of carbonyl (C=O) groups is 1. The molecule has 0 bridgehead atoms. The van der Waals surface area contributed by atoms with Crippen LogP contribution in [0.1, 0.15) is 48.2 Å². The molecule has 4 rings (SSSR count). The molecule has 0 aliphatic heterocycles. The van der Waals surface area contributed by atoms with Crippen LogP contribution < -0.4 is 10.6 Å². The van der Waals surface area contributed by atoms with E-state index < -0.39 is 6.43 Å². The summed E-state index contributed by atoms with van der Waals surface area (Å²) in [5, 5.41) is 10.6. The molecule has 1 saturated carbocycles. The topological polar surface area (TPSA) is 76.2 Å². The predicted octanol–water partition coefficient (Wildman–Crippen LogP) is 3.81. The second-order valence-corrected chi connectivity index (χ2v) is 7.64. The number of amides is 1. The van der Waals surface area contributed by atoms with Crippen molar-refractivity contribution in [3.8, 4) is 0 Å². The van der Waals surface area contributed by atoms with Crippen molar-refractivity contribution in [3.63, 3.8) is 0 Å². The summed E-state index contributed by atoms with van der Waals surface area (Å²) in [5.41, 5.74) is 0.621. The largest absolute Gasteiger partial charge is 0.368 e. The lowest BCUT2D eigenvalue weighted by molar-refractivity contribution is 0.0926. The number of hydrogen-bond acceptors (Lipinski definition) is 4. The lowest BCUT2D eigenvalue weighted by Crippen LogP contribution is -2.40.